The maximum absolute atomic E-state index is 6.16. The van der Waals surface area contributed by atoms with Crippen molar-refractivity contribution in [2.75, 3.05) is 11.9 Å². The largest absolute Gasteiger partial charge is 0.480 e. The molecular weight excluding hydrogens is 246 g/mol. The van der Waals surface area contributed by atoms with Gasteiger partial charge in [-0.05, 0) is 24.6 Å². The number of rotatable bonds is 1. The molecule has 1 aliphatic heterocycles. The Hall–Kier alpha value is -1.67. The summed E-state index contributed by atoms with van der Waals surface area (Å²) in [6, 6.07) is 14.1. The van der Waals surface area contributed by atoms with Gasteiger partial charge in [-0.25, -0.2) is 0 Å². The van der Waals surface area contributed by atoms with Crippen LogP contribution in [0.3, 0.4) is 0 Å². The molecule has 1 N–H and O–H groups in total. The molecule has 2 nitrogen and oxygen atoms in total. The van der Waals surface area contributed by atoms with Crippen molar-refractivity contribution in [2.45, 2.75) is 13.0 Å². The van der Waals surface area contributed by atoms with Gasteiger partial charge in [-0.15, -0.1) is 0 Å². The second kappa shape index (κ2) is 4.54. The quantitative estimate of drug-likeness (QED) is 0.829. The number of nitrogens with one attached hydrogen (secondary N) is 1. The number of benzene rings is 2. The first-order valence-corrected chi connectivity index (χ1v) is 6.37. The summed E-state index contributed by atoms with van der Waals surface area (Å²) < 4.78 is 6.01. The minimum absolute atomic E-state index is 0.0114. The van der Waals surface area contributed by atoms with Gasteiger partial charge < -0.3 is 10.1 Å². The molecule has 0 aromatic heterocycles. The summed E-state index contributed by atoms with van der Waals surface area (Å²) >= 11 is 6.16. The molecule has 0 radical (unpaired) electrons. The van der Waals surface area contributed by atoms with Crippen molar-refractivity contribution in [3.8, 4) is 5.75 Å². The number of halogens is 1. The van der Waals surface area contributed by atoms with Gasteiger partial charge in [0.2, 0.25) is 0 Å². The van der Waals surface area contributed by atoms with Crippen molar-refractivity contribution in [1.82, 2.24) is 0 Å². The van der Waals surface area contributed by atoms with Crippen LogP contribution in [-0.4, -0.2) is 6.54 Å². The number of aryl methyl sites for hydroxylation is 1. The molecule has 1 aliphatic rings. The van der Waals surface area contributed by atoms with Gasteiger partial charge in [0.15, 0.2) is 5.75 Å². The fraction of sp³-hybridized carbons (Fsp3) is 0.200. The van der Waals surface area contributed by atoms with Crippen LogP contribution in [0, 0.1) is 6.92 Å². The summed E-state index contributed by atoms with van der Waals surface area (Å²) in [5, 5.41) is 4.01. The van der Waals surface area contributed by atoms with E-state index in [9.17, 15) is 0 Å². The Balaban J connectivity index is 1.93. The number of ether oxygens (including phenoxy) is 1. The van der Waals surface area contributed by atoms with Crippen LogP contribution >= 0.6 is 11.6 Å². The first kappa shape index (κ1) is 11.4. The molecule has 18 heavy (non-hydrogen) atoms. The molecule has 0 aliphatic carbocycles. The van der Waals surface area contributed by atoms with Crippen molar-refractivity contribution in [1.29, 1.82) is 0 Å². The predicted octanol–water partition coefficient (Wildman–Crippen LogP) is 4.19. The highest BCUT2D eigenvalue weighted by Gasteiger charge is 2.22. The van der Waals surface area contributed by atoms with E-state index in [0.29, 0.717) is 5.02 Å². The number of anilines is 1. The summed E-state index contributed by atoms with van der Waals surface area (Å²) in [5.41, 5.74) is 3.38. The Bertz CT molecular complexity index is 582. The van der Waals surface area contributed by atoms with Crippen molar-refractivity contribution >= 4 is 17.3 Å². The number of para-hydroxylation sites is 1. The van der Waals surface area contributed by atoms with Crippen LogP contribution in [0.5, 0.6) is 5.75 Å². The lowest BCUT2D eigenvalue weighted by atomic mass is 10.1. The number of fused-ring (bicyclic) bond motifs is 1. The fourth-order valence-corrected chi connectivity index (χ4v) is 2.43. The number of hydrogen-bond donors (Lipinski definition) is 1. The molecule has 92 valence electrons. The Kier molecular flexibility index (Phi) is 2.88. The first-order chi connectivity index (χ1) is 8.74. The lowest BCUT2D eigenvalue weighted by molar-refractivity contribution is 0.210. The second-order valence-corrected chi connectivity index (χ2v) is 4.93. The van der Waals surface area contributed by atoms with Gasteiger partial charge in [0.05, 0.1) is 17.3 Å². The van der Waals surface area contributed by atoms with Crippen LogP contribution in [0.2, 0.25) is 5.02 Å². The van der Waals surface area contributed by atoms with E-state index in [4.69, 9.17) is 16.3 Å². The van der Waals surface area contributed by atoms with Crippen LogP contribution < -0.4 is 10.1 Å². The van der Waals surface area contributed by atoms with E-state index in [1.165, 1.54) is 11.1 Å². The predicted molar refractivity (Wildman–Crippen MR) is 74.5 cm³/mol. The number of hydrogen-bond acceptors (Lipinski definition) is 2. The molecule has 0 amide bonds. The Labute approximate surface area is 112 Å². The Morgan fingerprint density at radius 2 is 2.06 bits per heavy atom. The van der Waals surface area contributed by atoms with E-state index in [2.05, 4.69) is 36.5 Å². The van der Waals surface area contributed by atoms with Crippen molar-refractivity contribution in [2.24, 2.45) is 0 Å². The summed E-state index contributed by atoms with van der Waals surface area (Å²) in [7, 11) is 0. The summed E-state index contributed by atoms with van der Waals surface area (Å²) in [4.78, 5) is 0. The van der Waals surface area contributed by atoms with Gasteiger partial charge in [-0.3, -0.25) is 0 Å². The van der Waals surface area contributed by atoms with E-state index in [1.54, 1.807) is 0 Å². The van der Waals surface area contributed by atoms with Gasteiger partial charge in [-0.1, -0.05) is 47.5 Å². The lowest BCUT2D eigenvalue weighted by Crippen LogP contribution is -2.23. The molecule has 0 saturated heterocycles. The van der Waals surface area contributed by atoms with Gasteiger partial charge in [0.1, 0.15) is 6.10 Å². The summed E-state index contributed by atoms with van der Waals surface area (Å²) in [6.07, 6.45) is 0.0114. The van der Waals surface area contributed by atoms with E-state index < -0.39 is 0 Å². The Morgan fingerprint density at radius 3 is 2.89 bits per heavy atom. The molecule has 0 bridgehead atoms. The van der Waals surface area contributed by atoms with Crippen LogP contribution in [0.4, 0.5) is 5.69 Å². The van der Waals surface area contributed by atoms with E-state index in [-0.39, 0.29) is 6.10 Å². The van der Waals surface area contributed by atoms with Crippen molar-refractivity contribution in [3.63, 3.8) is 0 Å². The molecule has 2 aromatic rings. The molecule has 0 saturated carbocycles. The van der Waals surface area contributed by atoms with Crippen LogP contribution in [0.15, 0.2) is 42.5 Å². The maximum Gasteiger partial charge on any atom is 0.161 e. The van der Waals surface area contributed by atoms with Gasteiger partial charge in [0, 0.05) is 0 Å². The summed E-state index contributed by atoms with van der Waals surface area (Å²) in [5.74, 6) is 0.747. The SMILES string of the molecule is Cc1cccc(C2CNc3cccc(Cl)c3O2)c1. The van der Waals surface area contributed by atoms with Gasteiger partial charge in [-0.2, -0.15) is 0 Å². The fourth-order valence-electron chi connectivity index (χ4n) is 2.21. The lowest BCUT2D eigenvalue weighted by Gasteiger charge is -2.28. The van der Waals surface area contributed by atoms with E-state index in [1.807, 2.05) is 18.2 Å². The second-order valence-electron chi connectivity index (χ2n) is 4.52. The molecule has 1 unspecified atom stereocenters. The molecule has 3 heteroatoms. The van der Waals surface area contributed by atoms with E-state index >= 15 is 0 Å². The van der Waals surface area contributed by atoms with Gasteiger partial charge in [0.25, 0.3) is 0 Å². The third kappa shape index (κ3) is 2.04. The van der Waals surface area contributed by atoms with Crippen LogP contribution in [-0.2, 0) is 0 Å². The minimum atomic E-state index is 0.0114. The van der Waals surface area contributed by atoms with Crippen molar-refractivity contribution in [3.05, 3.63) is 58.6 Å². The minimum Gasteiger partial charge on any atom is -0.480 e. The van der Waals surface area contributed by atoms with E-state index in [0.717, 1.165) is 18.0 Å². The normalized spacial score (nSPS) is 17.6. The monoisotopic (exact) mass is 259 g/mol. The highest BCUT2D eigenvalue weighted by atomic mass is 35.5. The van der Waals surface area contributed by atoms with Crippen molar-refractivity contribution < 1.29 is 4.74 Å². The highest BCUT2D eigenvalue weighted by molar-refractivity contribution is 6.32. The van der Waals surface area contributed by atoms with Crippen LogP contribution in [0.1, 0.15) is 17.2 Å². The highest BCUT2D eigenvalue weighted by Crippen LogP contribution is 2.39. The molecule has 2 aromatic carbocycles. The molecular formula is C15H14ClNO. The smallest absolute Gasteiger partial charge is 0.161 e. The zero-order valence-electron chi connectivity index (χ0n) is 10.1. The Morgan fingerprint density at radius 1 is 1.22 bits per heavy atom. The zero-order chi connectivity index (χ0) is 12.5. The summed E-state index contributed by atoms with van der Waals surface area (Å²) in [6.45, 7) is 2.84. The molecule has 3 rings (SSSR count). The average molecular weight is 260 g/mol. The topological polar surface area (TPSA) is 21.3 Å². The van der Waals surface area contributed by atoms with Gasteiger partial charge >= 0.3 is 0 Å². The standard InChI is InChI=1S/C15H14ClNO/c1-10-4-2-5-11(8-10)14-9-17-13-7-3-6-12(16)15(13)18-14/h2-8,14,17H,9H2,1H3. The third-order valence-electron chi connectivity index (χ3n) is 3.12. The third-order valence-corrected chi connectivity index (χ3v) is 3.42. The van der Waals surface area contributed by atoms with Crippen LogP contribution in [0.25, 0.3) is 0 Å². The molecule has 1 heterocycles. The molecule has 0 spiro atoms. The molecule has 0 fully saturated rings. The zero-order valence-corrected chi connectivity index (χ0v) is 10.9. The molecule has 1 atom stereocenters. The average Bonchev–Trinajstić information content (AvgIpc) is 2.39. The maximum atomic E-state index is 6.16. The first-order valence-electron chi connectivity index (χ1n) is 5.99.